The van der Waals surface area contributed by atoms with Gasteiger partial charge in [0.2, 0.25) is 11.2 Å². The quantitative estimate of drug-likeness (QED) is 0.669. The topological polar surface area (TPSA) is 76.7 Å². The molecule has 0 amide bonds. The first-order valence-electron chi connectivity index (χ1n) is 7.00. The summed E-state index contributed by atoms with van der Waals surface area (Å²) >= 11 is 1.60. The minimum atomic E-state index is -0.592. The van der Waals surface area contributed by atoms with Crippen LogP contribution in [-0.2, 0) is 9.53 Å². The van der Waals surface area contributed by atoms with Crippen LogP contribution in [0.5, 0.6) is 5.75 Å². The number of methoxy groups -OCH3 is 1. The van der Waals surface area contributed by atoms with E-state index in [9.17, 15) is 14.7 Å². The Bertz CT molecular complexity index is 749. The Hall–Kier alpha value is -2.21. The van der Waals surface area contributed by atoms with Crippen LogP contribution in [0.15, 0.2) is 44.4 Å². The molecular formula is C17H18O5S. The summed E-state index contributed by atoms with van der Waals surface area (Å²) in [6.07, 6.45) is 1.93. The molecule has 2 aromatic rings. The van der Waals surface area contributed by atoms with Crippen molar-refractivity contribution in [3.63, 3.8) is 0 Å². The van der Waals surface area contributed by atoms with Gasteiger partial charge in [-0.15, -0.1) is 11.8 Å². The lowest BCUT2D eigenvalue weighted by Gasteiger charge is -2.17. The third kappa shape index (κ3) is 3.96. The van der Waals surface area contributed by atoms with Crippen LogP contribution in [0.3, 0.4) is 0 Å². The highest BCUT2D eigenvalue weighted by molar-refractivity contribution is 7.98. The summed E-state index contributed by atoms with van der Waals surface area (Å²) in [5.41, 5.74) is 0.233. The van der Waals surface area contributed by atoms with Crippen molar-refractivity contribution < 1.29 is 19.1 Å². The molecule has 0 radical (unpaired) electrons. The predicted molar refractivity (Wildman–Crippen MR) is 88.1 cm³/mol. The number of ether oxygens (including phenoxy) is 1. The van der Waals surface area contributed by atoms with Crippen molar-refractivity contribution in [1.29, 1.82) is 0 Å². The van der Waals surface area contributed by atoms with Crippen LogP contribution in [0.1, 0.15) is 29.4 Å². The van der Waals surface area contributed by atoms with E-state index in [1.165, 1.54) is 13.2 Å². The van der Waals surface area contributed by atoms with Crippen LogP contribution in [0.2, 0.25) is 0 Å². The van der Waals surface area contributed by atoms with E-state index in [0.29, 0.717) is 5.76 Å². The Kier molecular flexibility index (Phi) is 5.50. The normalized spacial score (nSPS) is 12.0. The van der Waals surface area contributed by atoms with Gasteiger partial charge in [-0.1, -0.05) is 12.1 Å². The molecule has 0 bridgehead atoms. The molecular weight excluding hydrogens is 316 g/mol. The Morgan fingerprint density at radius 2 is 2.00 bits per heavy atom. The van der Waals surface area contributed by atoms with E-state index in [0.717, 1.165) is 10.5 Å². The molecule has 6 heteroatoms. The first kappa shape index (κ1) is 17.1. The van der Waals surface area contributed by atoms with Gasteiger partial charge in [0.05, 0.1) is 19.4 Å². The van der Waals surface area contributed by atoms with Crippen molar-refractivity contribution in [2.45, 2.75) is 24.2 Å². The molecule has 0 fully saturated rings. The second kappa shape index (κ2) is 7.37. The molecule has 0 spiro atoms. The number of rotatable bonds is 5. The molecule has 122 valence electrons. The molecule has 0 aliphatic heterocycles. The summed E-state index contributed by atoms with van der Waals surface area (Å²) in [6, 6.07) is 8.73. The first-order valence-corrected chi connectivity index (χ1v) is 8.23. The van der Waals surface area contributed by atoms with Gasteiger partial charge in [0, 0.05) is 11.0 Å². The van der Waals surface area contributed by atoms with E-state index in [-0.39, 0.29) is 12.2 Å². The van der Waals surface area contributed by atoms with E-state index >= 15 is 0 Å². The number of esters is 1. The molecule has 5 nitrogen and oxygen atoms in total. The van der Waals surface area contributed by atoms with Gasteiger partial charge in [-0.25, -0.2) is 0 Å². The molecule has 1 atom stereocenters. The van der Waals surface area contributed by atoms with Crippen LogP contribution in [0, 0.1) is 6.92 Å². The molecule has 23 heavy (non-hydrogen) atoms. The summed E-state index contributed by atoms with van der Waals surface area (Å²) in [6.45, 7) is 1.62. The van der Waals surface area contributed by atoms with E-state index < -0.39 is 23.1 Å². The smallest absolute Gasteiger partial charge is 0.306 e. The Morgan fingerprint density at radius 1 is 1.35 bits per heavy atom. The summed E-state index contributed by atoms with van der Waals surface area (Å²) in [4.78, 5) is 24.6. The number of aryl methyl sites for hydroxylation is 1. The Balaban J connectivity index is 2.53. The second-order valence-corrected chi connectivity index (χ2v) is 5.92. The first-order chi connectivity index (χ1) is 11.0. The molecule has 1 N–H and O–H groups in total. The third-order valence-electron chi connectivity index (χ3n) is 3.51. The summed E-state index contributed by atoms with van der Waals surface area (Å²) in [7, 11) is 1.29. The highest BCUT2D eigenvalue weighted by atomic mass is 32.2. The fourth-order valence-corrected chi connectivity index (χ4v) is 2.72. The van der Waals surface area contributed by atoms with Crippen molar-refractivity contribution in [3.05, 3.63) is 57.6 Å². The zero-order valence-corrected chi connectivity index (χ0v) is 14.0. The van der Waals surface area contributed by atoms with Gasteiger partial charge in [-0.2, -0.15) is 0 Å². The van der Waals surface area contributed by atoms with Gasteiger partial charge in [0.1, 0.15) is 5.76 Å². The molecule has 1 aromatic heterocycles. The van der Waals surface area contributed by atoms with Crippen LogP contribution >= 0.6 is 11.8 Å². The molecule has 1 heterocycles. The monoisotopic (exact) mass is 334 g/mol. The summed E-state index contributed by atoms with van der Waals surface area (Å²) < 4.78 is 10.3. The van der Waals surface area contributed by atoms with Crippen molar-refractivity contribution in [1.82, 2.24) is 0 Å². The largest absolute Gasteiger partial charge is 0.502 e. The maximum atomic E-state index is 11.8. The number of thioether (sulfide) groups is 1. The van der Waals surface area contributed by atoms with Gasteiger partial charge in [-0.3, -0.25) is 9.59 Å². The molecule has 0 aliphatic rings. The lowest BCUT2D eigenvalue weighted by Crippen LogP contribution is -2.13. The molecule has 0 saturated carbocycles. The molecule has 1 aromatic carbocycles. The van der Waals surface area contributed by atoms with Gasteiger partial charge < -0.3 is 14.3 Å². The highest BCUT2D eigenvalue weighted by Gasteiger charge is 2.26. The van der Waals surface area contributed by atoms with E-state index in [1.807, 2.05) is 30.5 Å². The molecule has 0 unspecified atom stereocenters. The predicted octanol–water partition coefficient (Wildman–Crippen LogP) is 3.07. The van der Waals surface area contributed by atoms with Crippen molar-refractivity contribution in [2.24, 2.45) is 0 Å². The number of aromatic hydroxyl groups is 1. The van der Waals surface area contributed by atoms with Gasteiger partial charge in [-0.05, 0) is 30.9 Å². The fourth-order valence-electron chi connectivity index (χ4n) is 2.31. The van der Waals surface area contributed by atoms with Crippen LogP contribution in [0.4, 0.5) is 0 Å². The van der Waals surface area contributed by atoms with E-state index in [2.05, 4.69) is 0 Å². The van der Waals surface area contributed by atoms with Crippen molar-refractivity contribution in [2.75, 3.05) is 13.4 Å². The summed E-state index contributed by atoms with van der Waals surface area (Å²) in [5.74, 6) is -1.06. The van der Waals surface area contributed by atoms with Crippen LogP contribution in [0.25, 0.3) is 0 Å². The number of carbonyl (C=O) groups is 1. The van der Waals surface area contributed by atoms with Crippen LogP contribution < -0.4 is 5.43 Å². The SMILES string of the molecule is COC(=O)C[C@@H](c1ccc(SC)cc1)c1oc(C)cc(=O)c1O. The average Bonchev–Trinajstić information content (AvgIpc) is 2.56. The Morgan fingerprint density at radius 3 is 2.57 bits per heavy atom. The fraction of sp³-hybridized carbons (Fsp3) is 0.294. The van der Waals surface area contributed by atoms with E-state index in [1.54, 1.807) is 18.7 Å². The zero-order valence-electron chi connectivity index (χ0n) is 13.2. The minimum Gasteiger partial charge on any atom is -0.502 e. The molecule has 0 saturated heterocycles. The maximum absolute atomic E-state index is 11.8. The van der Waals surface area contributed by atoms with E-state index in [4.69, 9.17) is 9.15 Å². The maximum Gasteiger partial charge on any atom is 0.306 e. The highest BCUT2D eigenvalue weighted by Crippen LogP contribution is 2.34. The lowest BCUT2D eigenvalue weighted by atomic mass is 9.92. The Labute approximate surface area is 138 Å². The summed E-state index contributed by atoms with van der Waals surface area (Å²) in [5, 5.41) is 10.1. The zero-order chi connectivity index (χ0) is 17.0. The minimum absolute atomic E-state index is 0.0327. The number of hydrogen-bond acceptors (Lipinski definition) is 6. The second-order valence-electron chi connectivity index (χ2n) is 5.04. The van der Waals surface area contributed by atoms with Gasteiger partial charge >= 0.3 is 5.97 Å². The number of benzene rings is 1. The standard InChI is InChI=1S/C17H18O5S/c1-10-8-14(18)16(20)17(22-10)13(9-15(19)21-2)11-4-6-12(23-3)7-5-11/h4-8,13,20H,9H2,1-3H3/t13-/m0/s1. The van der Waals surface area contributed by atoms with Crippen molar-refractivity contribution in [3.8, 4) is 5.75 Å². The van der Waals surface area contributed by atoms with Gasteiger partial charge in [0.15, 0.2) is 5.76 Å². The molecule has 2 rings (SSSR count). The van der Waals surface area contributed by atoms with Crippen molar-refractivity contribution >= 4 is 17.7 Å². The van der Waals surface area contributed by atoms with Gasteiger partial charge in [0.25, 0.3) is 0 Å². The lowest BCUT2D eigenvalue weighted by molar-refractivity contribution is -0.140. The molecule has 0 aliphatic carbocycles. The average molecular weight is 334 g/mol. The van der Waals surface area contributed by atoms with Crippen LogP contribution in [-0.4, -0.2) is 24.4 Å². The number of carbonyl (C=O) groups excluding carboxylic acids is 1. The third-order valence-corrected chi connectivity index (χ3v) is 4.25. The number of hydrogen-bond donors (Lipinski definition) is 1.